The molecule has 0 aliphatic carbocycles. The number of rotatable bonds is 8. The van der Waals surface area contributed by atoms with Gasteiger partial charge in [0.05, 0.1) is 12.2 Å². The topological polar surface area (TPSA) is 160 Å². The van der Waals surface area contributed by atoms with Crippen molar-refractivity contribution in [3.63, 3.8) is 0 Å². The molecular weight excluding hydrogens is 456 g/mol. The van der Waals surface area contributed by atoms with Crippen LogP contribution in [-0.2, 0) is 16.7 Å². The van der Waals surface area contributed by atoms with Crippen molar-refractivity contribution >= 4 is 27.8 Å². The molecule has 1 aromatic heterocycles. The summed E-state index contributed by atoms with van der Waals surface area (Å²) >= 11 is 0. The van der Waals surface area contributed by atoms with Crippen molar-refractivity contribution in [3.8, 4) is 22.6 Å². The lowest BCUT2D eigenvalue weighted by molar-refractivity contribution is 0.339. The molecule has 3 aromatic rings. The van der Waals surface area contributed by atoms with Crippen molar-refractivity contribution in [1.82, 2.24) is 14.3 Å². The van der Waals surface area contributed by atoms with Gasteiger partial charge >= 0.3 is 10.3 Å². The zero-order valence-corrected chi connectivity index (χ0v) is 19.7. The summed E-state index contributed by atoms with van der Waals surface area (Å²) in [6, 6.07) is 10.6. The van der Waals surface area contributed by atoms with Crippen LogP contribution in [0.15, 0.2) is 42.6 Å². The lowest BCUT2D eigenvalue weighted by atomic mass is 9.98. The normalized spacial score (nSPS) is 14.3. The van der Waals surface area contributed by atoms with Crippen LogP contribution >= 0.6 is 0 Å². The summed E-state index contributed by atoms with van der Waals surface area (Å²) in [5.41, 5.74) is 20.7. The molecule has 34 heavy (non-hydrogen) atoms. The summed E-state index contributed by atoms with van der Waals surface area (Å²) in [4.78, 5) is 8.02. The molecular formula is C23H28N6O4S. The molecule has 2 aromatic carbocycles. The first-order chi connectivity index (χ1) is 16.3. The van der Waals surface area contributed by atoms with Crippen molar-refractivity contribution in [2.24, 2.45) is 0 Å². The van der Waals surface area contributed by atoms with Gasteiger partial charge in [-0.3, -0.25) is 0 Å². The highest BCUT2D eigenvalue weighted by Crippen LogP contribution is 2.42. The molecule has 1 aliphatic rings. The Hall–Kier alpha value is -3.57. The molecule has 1 aliphatic heterocycles. The Kier molecular flexibility index (Phi) is 6.75. The third-order valence-corrected chi connectivity index (χ3v) is 6.90. The van der Waals surface area contributed by atoms with Crippen molar-refractivity contribution < 1.29 is 17.3 Å². The number of nitrogens with two attached hydrogens (primary N) is 3. The lowest BCUT2D eigenvalue weighted by Crippen LogP contribution is -2.32. The molecule has 0 amide bonds. The minimum absolute atomic E-state index is 0.0793. The van der Waals surface area contributed by atoms with Crippen LogP contribution in [0.3, 0.4) is 0 Å². The summed E-state index contributed by atoms with van der Waals surface area (Å²) in [7, 11) is -4.00. The van der Waals surface area contributed by atoms with Crippen LogP contribution in [0.2, 0.25) is 0 Å². The average Bonchev–Trinajstić information content (AvgIpc) is 3.33. The van der Waals surface area contributed by atoms with E-state index in [0.29, 0.717) is 59.8 Å². The predicted octanol–water partition coefficient (Wildman–Crippen LogP) is 2.60. The summed E-state index contributed by atoms with van der Waals surface area (Å²) in [5, 5.41) is 0. The van der Waals surface area contributed by atoms with Crippen LogP contribution in [0.1, 0.15) is 30.9 Å². The maximum Gasteiger partial charge on any atom is 0.385 e. The number of hydrogen-bond acceptors (Lipinski definition) is 9. The fourth-order valence-corrected chi connectivity index (χ4v) is 5.05. The Bertz CT molecular complexity index is 1280. The monoisotopic (exact) mass is 484 g/mol. The zero-order chi connectivity index (χ0) is 24.3. The van der Waals surface area contributed by atoms with Gasteiger partial charge in [0.1, 0.15) is 11.6 Å². The van der Waals surface area contributed by atoms with E-state index >= 15 is 0 Å². The largest absolute Gasteiger partial charge is 0.493 e. The molecule has 0 spiro atoms. The van der Waals surface area contributed by atoms with Crippen molar-refractivity contribution in [1.29, 1.82) is 0 Å². The quantitative estimate of drug-likeness (QED) is 0.408. The third kappa shape index (κ3) is 5.15. The van der Waals surface area contributed by atoms with Crippen LogP contribution in [0.4, 0.5) is 17.5 Å². The van der Waals surface area contributed by atoms with E-state index in [9.17, 15) is 8.42 Å². The maximum absolute atomic E-state index is 13.1. The first-order valence-corrected chi connectivity index (χ1v) is 12.4. The van der Waals surface area contributed by atoms with Gasteiger partial charge in [-0.2, -0.15) is 17.7 Å². The molecule has 2 heterocycles. The van der Waals surface area contributed by atoms with Crippen LogP contribution in [0.25, 0.3) is 11.1 Å². The van der Waals surface area contributed by atoms with Crippen molar-refractivity contribution in [2.45, 2.75) is 26.2 Å². The van der Waals surface area contributed by atoms with Crippen LogP contribution in [0.5, 0.6) is 11.5 Å². The highest BCUT2D eigenvalue weighted by molar-refractivity contribution is 7.84. The van der Waals surface area contributed by atoms with Gasteiger partial charge in [0, 0.05) is 37.0 Å². The standard InChI is InChI=1S/C23H28N6O4S/c1-2-32-19-12-15(11-17-14-27-23(26)28-22(17)25)13-20(21(19)16-5-7-18(24)8-6-16)33-34(30,31)29-9-3-4-10-29/h5-8,12-14H,2-4,9-11,24H2,1H3,(H4,25,26,27,28). The first kappa shape index (κ1) is 23.6. The second-order valence-corrected chi connectivity index (χ2v) is 9.52. The Labute approximate surface area is 199 Å². The molecule has 4 rings (SSSR count). The minimum atomic E-state index is -4.00. The number of hydrogen-bond donors (Lipinski definition) is 3. The first-order valence-electron chi connectivity index (χ1n) is 11.0. The van der Waals surface area contributed by atoms with Crippen molar-refractivity contribution in [2.75, 3.05) is 36.9 Å². The Morgan fingerprint density at radius 3 is 2.35 bits per heavy atom. The van der Waals surface area contributed by atoms with E-state index < -0.39 is 10.3 Å². The van der Waals surface area contributed by atoms with Gasteiger partial charge in [-0.15, -0.1) is 0 Å². The van der Waals surface area contributed by atoms with E-state index in [1.807, 2.05) is 13.0 Å². The fourth-order valence-electron chi connectivity index (χ4n) is 3.88. The second kappa shape index (κ2) is 9.74. The number of nitrogen functional groups attached to an aromatic ring is 3. The SMILES string of the molecule is CCOc1cc(Cc2cnc(N)nc2N)cc(OS(=O)(=O)N2CCCC2)c1-c1ccc(N)cc1. The molecule has 11 heteroatoms. The van der Waals surface area contributed by atoms with Crippen LogP contribution in [-0.4, -0.2) is 42.4 Å². The summed E-state index contributed by atoms with van der Waals surface area (Å²) in [5.74, 6) is 0.967. The predicted molar refractivity (Wildman–Crippen MR) is 131 cm³/mol. The summed E-state index contributed by atoms with van der Waals surface area (Å²) in [6.07, 6.45) is 3.48. The van der Waals surface area contributed by atoms with Gasteiger partial charge in [0.15, 0.2) is 5.75 Å². The number of ether oxygens (including phenoxy) is 1. The number of aromatic nitrogens is 2. The number of anilines is 3. The van der Waals surface area contributed by atoms with E-state index in [1.165, 1.54) is 4.31 Å². The molecule has 180 valence electrons. The Morgan fingerprint density at radius 2 is 1.71 bits per heavy atom. The number of benzene rings is 2. The molecule has 1 saturated heterocycles. The summed E-state index contributed by atoms with van der Waals surface area (Å²) in [6.45, 7) is 3.08. The van der Waals surface area contributed by atoms with E-state index in [2.05, 4.69) is 9.97 Å². The second-order valence-electron chi connectivity index (χ2n) is 7.98. The van der Waals surface area contributed by atoms with Gasteiger partial charge in [0.25, 0.3) is 0 Å². The fraction of sp³-hybridized carbons (Fsp3) is 0.304. The maximum atomic E-state index is 13.1. The van der Waals surface area contributed by atoms with E-state index in [1.54, 1.807) is 36.5 Å². The molecule has 0 atom stereocenters. The Balaban J connectivity index is 1.83. The molecule has 6 N–H and O–H groups in total. The molecule has 0 bridgehead atoms. The van der Waals surface area contributed by atoms with Crippen molar-refractivity contribution in [3.05, 3.63) is 53.7 Å². The summed E-state index contributed by atoms with van der Waals surface area (Å²) < 4.78 is 39.1. The minimum Gasteiger partial charge on any atom is -0.493 e. The van der Waals surface area contributed by atoms with E-state index in [4.69, 9.17) is 26.1 Å². The third-order valence-electron chi connectivity index (χ3n) is 5.51. The van der Waals surface area contributed by atoms with Crippen LogP contribution < -0.4 is 26.1 Å². The van der Waals surface area contributed by atoms with Gasteiger partial charge in [-0.05, 0) is 55.2 Å². The van der Waals surface area contributed by atoms with Crippen LogP contribution in [0, 0.1) is 0 Å². The molecule has 1 fully saturated rings. The smallest absolute Gasteiger partial charge is 0.385 e. The highest BCUT2D eigenvalue weighted by atomic mass is 32.2. The average molecular weight is 485 g/mol. The Morgan fingerprint density at radius 1 is 1.03 bits per heavy atom. The van der Waals surface area contributed by atoms with Gasteiger partial charge in [-0.1, -0.05) is 12.1 Å². The molecule has 0 unspecified atom stereocenters. The highest BCUT2D eigenvalue weighted by Gasteiger charge is 2.29. The van der Waals surface area contributed by atoms with Gasteiger partial charge < -0.3 is 26.1 Å². The molecule has 0 radical (unpaired) electrons. The van der Waals surface area contributed by atoms with E-state index in [0.717, 1.165) is 12.8 Å². The molecule has 0 saturated carbocycles. The number of nitrogens with zero attached hydrogens (tertiary/aromatic N) is 3. The van der Waals surface area contributed by atoms with Gasteiger partial charge in [-0.25, -0.2) is 4.98 Å². The lowest BCUT2D eigenvalue weighted by Gasteiger charge is -2.21. The van der Waals surface area contributed by atoms with E-state index in [-0.39, 0.29) is 17.5 Å². The zero-order valence-electron chi connectivity index (χ0n) is 18.9. The molecule has 10 nitrogen and oxygen atoms in total. The van der Waals surface area contributed by atoms with Gasteiger partial charge in [0.2, 0.25) is 5.95 Å².